The summed E-state index contributed by atoms with van der Waals surface area (Å²) in [6.45, 7) is 1.16. The summed E-state index contributed by atoms with van der Waals surface area (Å²) in [5.74, 6) is 0.0787. The summed E-state index contributed by atoms with van der Waals surface area (Å²) in [6, 6.07) is 22.2. The zero-order valence-electron chi connectivity index (χ0n) is 18.3. The zero-order valence-corrected chi connectivity index (χ0v) is 19.1. The minimum absolute atomic E-state index is 0.0148. The van der Waals surface area contributed by atoms with Gasteiger partial charge in [-0.25, -0.2) is 18.1 Å². The van der Waals surface area contributed by atoms with Crippen molar-refractivity contribution >= 4 is 21.6 Å². The standard InChI is InChI=1S/C25H24N4O4S/c30-25(28-23-11-4-5-12-24(23)33-16-15-29-14-13-26-19-29)21-9-6-10-22(17-21)34(31,32)27-18-20-7-2-1-3-8-20/h1-14,17,19,27H,15-16,18H2,(H,28,30). The van der Waals surface area contributed by atoms with Crippen molar-refractivity contribution in [2.75, 3.05) is 11.9 Å². The first-order valence-electron chi connectivity index (χ1n) is 10.6. The van der Waals surface area contributed by atoms with Gasteiger partial charge in [0.2, 0.25) is 10.0 Å². The van der Waals surface area contributed by atoms with E-state index in [1.54, 1.807) is 42.9 Å². The Labute approximate surface area is 198 Å². The number of amides is 1. The summed E-state index contributed by atoms with van der Waals surface area (Å²) >= 11 is 0. The third kappa shape index (κ3) is 6.09. The van der Waals surface area contributed by atoms with Gasteiger partial charge >= 0.3 is 0 Å². The molecule has 1 aromatic heterocycles. The molecule has 3 aromatic carbocycles. The number of rotatable bonds is 10. The Kier molecular flexibility index (Phi) is 7.36. The van der Waals surface area contributed by atoms with Crippen molar-refractivity contribution in [3.8, 4) is 5.75 Å². The number of ether oxygens (including phenoxy) is 1. The van der Waals surface area contributed by atoms with Crippen LogP contribution in [-0.4, -0.2) is 30.5 Å². The van der Waals surface area contributed by atoms with E-state index in [4.69, 9.17) is 4.74 Å². The quantitative estimate of drug-likeness (QED) is 0.363. The van der Waals surface area contributed by atoms with Crippen LogP contribution < -0.4 is 14.8 Å². The second-order valence-electron chi connectivity index (χ2n) is 7.44. The van der Waals surface area contributed by atoms with Crippen LogP contribution in [0.15, 0.2) is 102 Å². The van der Waals surface area contributed by atoms with Crippen molar-refractivity contribution in [1.82, 2.24) is 14.3 Å². The number of benzene rings is 3. The summed E-state index contributed by atoms with van der Waals surface area (Å²) in [5, 5.41) is 2.81. The van der Waals surface area contributed by atoms with E-state index in [9.17, 15) is 13.2 Å². The molecule has 0 spiro atoms. The first kappa shape index (κ1) is 23.2. The van der Waals surface area contributed by atoms with E-state index in [0.29, 0.717) is 24.6 Å². The fraction of sp³-hybridized carbons (Fsp3) is 0.120. The summed E-state index contributed by atoms with van der Waals surface area (Å²) in [5.41, 5.74) is 1.55. The number of nitrogens with one attached hydrogen (secondary N) is 2. The highest BCUT2D eigenvalue weighted by atomic mass is 32.2. The number of hydrogen-bond donors (Lipinski definition) is 2. The van der Waals surface area contributed by atoms with E-state index in [2.05, 4.69) is 15.0 Å². The molecule has 174 valence electrons. The summed E-state index contributed by atoms with van der Waals surface area (Å²) < 4.78 is 35.8. The molecule has 34 heavy (non-hydrogen) atoms. The number of imidazole rings is 1. The summed E-state index contributed by atoms with van der Waals surface area (Å²) in [4.78, 5) is 16.9. The average molecular weight is 477 g/mol. The van der Waals surface area contributed by atoms with E-state index in [1.807, 2.05) is 47.2 Å². The predicted octanol–water partition coefficient (Wildman–Crippen LogP) is 3.69. The van der Waals surface area contributed by atoms with Gasteiger partial charge in [-0.05, 0) is 35.9 Å². The van der Waals surface area contributed by atoms with Crippen LogP contribution in [0.1, 0.15) is 15.9 Å². The highest BCUT2D eigenvalue weighted by molar-refractivity contribution is 7.89. The van der Waals surface area contributed by atoms with Crippen LogP contribution in [-0.2, 0) is 23.1 Å². The number of aromatic nitrogens is 2. The maximum absolute atomic E-state index is 12.9. The molecule has 0 aliphatic heterocycles. The number of carbonyl (C=O) groups excluding carboxylic acids is 1. The van der Waals surface area contributed by atoms with Gasteiger partial charge in [-0.1, -0.05) is 48.5 Å². The molecular formula is C25H24N4O4S. The largest absolute Gasteiger partial charge is 0.490 e. The van der Waals surface area contributed by atoms with Gasteiger partial charge in [-0.15, -0.1) is 0 Å². The molecule has 0 unspecified atom stereocenters. The lowest BCUT2D eigenvalue weighted by atomic mass is 10.2. The summed E-state index contributed by atoms with van der Waals surface area (Å²) in [6.07, 6.45) is 5.24. The van der Waals surface area contributed by atoms with Gasteiger partial charge in [0, 0.05) is 24.5 Å². The monoisotopic (exact) mass is 476 g/mol. The van der Waals surface area contributed by atoms with Crippen molar-refractivity contribution < 1.29 is 17.9 Å². The maximum atomic E-state index is 12.9. The van der Waals surface area contributed by atoms with Crippen molar-refractivity contribution in [3.63, 3.8) is 0 Å². The fourth-order valence-corrected chi connectivity index (χ4v) is 4.30. The van der Waals surface area contributed by atoms with Gasteiger partial charge in [0.1, 0.15) is 12.4 Å². The van der Waals surface area contributed by atoms with Crippen LogP contribution in [0.4, 0.5) is 5.69 Å². The number of para-hydroxylation sites is 2. The minimum Gasteiger partial charge on any atom is -0.490 e. The van der Waals surface area contributed by atoms with Crippen molar-refractivity contribution in [1.29, 1.82) is 0 Å². The van der Waals surface area contributed by atoms with Gasteiger partial charge in [0.15, 0.2) is 0 Å². The molecule has 0 bridgehead atoms. The third-order valence-electron chi connectivity index (χ3n) is 5.02. The fourth-order valence-electron chi connectivity index (χ4n) is 3.23. The maximum Gasteiger partial charge on any atom is 0.255 e. The normalized spacial score (nSPS) is 11.2. The topological polar surface area (TPSA) is 102 Å². The Morgan fingerprint density at radius 3 is 2.56 bits per heavy atom. The van der Waals surface area contributed by atoms with E-state index >= 15 is 0 Å². The Bertz CT molecular complexity index is 1340. The van der Waals surface area contributed by atoms with Gasteiger partial charge in [-0.3, -0.25) is 4.79 Å². The molecular weight excluding hydrogens is 452 g/mol. The van der Waals surface area contributed by atoms with Crippen molar-refractivity contribution in [3.05, 3.63) is 109 Å². The Hall–Kier alpha value is -3.95. The van der Waals surface area contributed by atoms with E-state index in [-0.39, 0.29) is 17.0 Å². The molecule has 4 rings (SSSR count). The molecule has 9 heteroatoms. The number of anilines is 1. The molecule has 1 amide bonds. The zero-order chi connectivity index (χ0) is 23.8. The molecule has 4 aromatic rings. The molecule has 1 heterocycles. The second kappa shape index (κ2) is 10.8. The average Bonchev–Trinajstić information content (AvgIpc) is 3.38. The number of sulfonamides is 1. The third-order valence-corrected chi connectivity index (χ3v) is 6.42. The smallest absolute Gasteiger partial charge is 0.255 e. The molecule has 0 radical (unpaired) electrons. The Morgan fingerprint density at radius 1 is 0.971 bits per heavy atom. The minimum atomic E-state index is -3.79. The molecule has 0 aliphatic rings. The van der Waals surface area contributed by atoms with Crippen LogP contribution >= 0.6 is 0 Å². The molecule has 0 atom stereocenters. The number of hydrogen-bond acceptors (Lipinski definition) is 5. The first-order valence-corrected chi connectivity index (χ1v) is 12.1. The van der Waals surface area contributed by atoms with Crippen LogP contribution in [0.25, 0.3) is 0 Å². The lowest BCUT2D eigenvalue weighted by Crippen LogP contribution is -2.23. The Balaban J connectivity index is 1.42. The van der Waals surface area contributed by atoms with Crippen LogP contribution in [0.3, 0.4) is 0 Å². The molecule has 2 N–H and O–H groups in total. The van der Waals surface area contributed by atoms with E-state index in [1.165, 1.54) is 12.1 Å². The van der Waals surface area contributed by atoms with Gasteiger partial charge in [0.05, 0.1) is 23.5 Å². The number of nitrogens with zero attached hydrogens (tertiary/aromatic N) is 2. The van der Waals surface area contributed by atoms with Crippen LogP contribution in [0.2, 0.25) is 0 Å². The molecule has 0 fully saturated rings. The van der Waals surface area contributed by atoms with E-state index < -0.39 is 15.9 Å². The summed E-state index contributed by atoms with van der Waals surface area (Å²) in [7, 11) is -3.79. The molecule has 0 saturated heterocycles. The second-order valence-corrected chi connectivity index (χ2v) is 9.20. The van der Waals surface area contributed by atoms with Crippen molar-refractivity contribution in [2.24, 2.45) is 0 Å². The van der Waals surface area contributed by atoms with Gasteiger partial charge < -0.3 is 14.6 Å². The molecule has 8 nitrogen and oxygen atoms in total. The lowest BCUT2D eigenvalue weighted by molar-refractivity contribution is 0.102. The lowest BCUT2D eigenvalue weighted by Gasteiger charge is -2.13. The van der Waals surface area contributed by atoms with Crippen molar-refractivity contribution in [2.45, 2.75) is 18.0 Å². The first-order chi connectivity index (χ1) is 16.5. The van der Waals surface area contributed by atoms with Gasteiger partial charge in [-0.2, -0.15) is 0 Å². The number of carbonyl (C=O) groups is 1. The predicted molar refractivity (Wildman–Crippen MR) is 129 cm³/mol. The molecule has 0 saturated carbocycles. The van der Waals surface area contributed by atoms with Gasteiger partial charge in [0.25, 0.3) is 5.91 Å². The SMILES string of the molecule is O=C(Nc1ccccc1OCCn1ccnc1)c1cccc(S(=O)(=O)NCc2ccccc2)c1. The Morgan fingerprint density at radius 2 is 1.76 bits per heavy atom. The van der Waals surface area contributed by atoms with Crippen LogP contribution in [0.5, 0.6) is 5.75 Å². The highest BCUT2D eigenvalue weighted by Crippen LogP contribution is 2.25. The molecule has 0 aliphatic carbocycles. The van der Waals surface area contributed by atoms with Crippen LogP contribution in [0, 0.1) is 0 Å². The van der Waals surface area contributed by atoms with E-state index in [0.717, 1.165) is 5.56 Å². The highest BCUT2D eigenvalue weighted by Gasteiger charge is 2.17.